The summed E-state index contributed by atoms with van der Waals surface area (Å²) < 4.78 is 39.3. The van der Waals surface area contributed by atoms with Crippen molar-refractivity contribution in [2.24, 2.45) is 0 Å². The van der Waals surface area contributed by atoms with E-state index in [-0.39, 0.29) is 6.61 Å². The van der Waals surface area contributed by atoms with E-state index >= 15 is 0 Å². The third-order valence-electron chi connectivity index (χ3n) is 2.01. The fraction of sp³-hybridized carbons (Fsp3) is 1.00. The van der Waals surface area contributed by atoms with Gasteiger partial charge < -0.3 is 15.4 Å². The highest BCUT2D eigenvalue weighted by Gasteiger charge is 2.27. The molecule has 1 rings (SSSR count). The Morgan fingerprint density at radius 3 is 2.79 bits per heavy atom. The topological polar surface area (TPSA) is 33.3 Å². The average molecular weight is 212 g/mol. The molecule has 1 aliphatic heterocycles. The summed E-state index contributed by atoms with van der Waals surface area (Å²) in [5, 5.41) is 6.27. The molecule has 14 heavy (non-hydrogen) atoms. The lowest BCUT2D eigenvalue weighted by atomic mass is 10.3. The van der Waals surface area contributed by atoms with Crippen LogP contribution in [0.2, 0.25) is 0 Å². The average Bonchev–Trinajstić information content (AvgIpc) is 2.54. The molecule has 2 N–H and O–H groups in total. The maximum Gasteiger partial charge on any atom is 0.411 e. The third-order valence-corrected chi connectivity index (χ3v) is 2.01. The van der Waals surface area contributed by atoms with E-state index in [0.29, 0.717) is 12.6 Å². The van der Waals surface area contributed by atoms with Gasteiger partial charge in [0.2, 0.25) is 0 Å². The second-order valence-corrected chi connectivity index (χ2v) is 3.31. The van der Waals surface area contributed by atoms with Gasteiger partial charge in [-0.25, -0.2) is 0 Å². The lowest BCUT2D eigenvalue weighted by molar-refractivity contribution is -0.173. The van der Waals surface area contributed by atoms with Gasteiger partial charge in [-0.2, -0.15) is 13.2 Å². The first-order valence-electron chi connectivity index (χ1n) is 4.66. The number of halogens is 3. The van der Waals surface area contributed by atoms with Gasteiger partial charge in [0.1, 0.15) is 6.61 Å². The minimum absolute atomic E-state index is 0.107. The normalized spacial score (nSPS) is 22.9. The SMILES string of the molecule is FC(F)(F)COCCNC1CCNC1. The molecule has 1 saturated heterocycles. The highest BCUT2D eigenvalue weighted by Crippen LogP contribution is 2.13. The molecule has 1 fully saturated rings. The Hall–Kier alpha value is -0.330. The lowest BCUT2D eigenvalue weighted by Gasteiger charge is -2.11. The minimum Gasteiger partial charge on any atom is -0.371 e. The van der Waals surface area contributed by atoms with Crippen molar-refractivity contribution in [3.05, 3.63) is 0 Å². The van der Waals surface area contributed by atoms with E-state index in [1.165, 1.54) is 0 Å². The van der Waals surface area contributed by atoms with Crippen LogP contribution in [0.15, 0.2) is 0 Å². The van der Waals surface area contributed by atoms with Crippen LogP contribution in [-0.4, -0.2) is 45.1 Å². The molecule has 0 amide bonds. The maximum atomic E-state index is 11.6. The van der Waals surface area contributed by atoms with Crippen molar-refractivity contribution in [1.29, 1.82) is 0 Å². The van der Waals surface area contributed by atoms with Gasteiger partial charge in [0, 0.05) is 19.1 Å². The van der Waals surface area contributed by atoms with Crippen molar-refractivity contribution in [3.63, 3.8) is 0 Å². The predicted molar refractivity (Wildman–Crippen MR) is 46.2 cm³/mol. The number of rotatable bonds is 5. The number of hydrogen-bond acceptors (Lipinski definition) is 3. The van der Waals surface area contributed by atoms with Crippen LogP contribution in [0.1, 0.15) is 6.42 Å². The van der Waals surface area contributed by atoms with Crippen LogP contribution in [0.4, 0.5) is 13.2 Å². The van der Waals surface area contributed by atoms with Gasteiger partial charge in [-0.3, -0.25) is 0 Å². The molecule has 3 nitrogen and oxygen atoms in total. The van der Waals surface area contributed by atoms with Crippen LogP contribution < -0.4 is 10.6 Å². The fourth-order valence-corrected chi connectivity index (χ4v) is 1.35. The molecule has 1 atom stereocenters. The number of hydrogen-bond donors (Lipinski definition) is 2. The number of ether oxygens (including phenoxy) is 1. The summed E-state index contributed by atoms with van der Waals surface area (Å²) in [6, 6.07) is 0.379. The first kappa shape index (κ1) is 11.7. The highest BCUT2D eigenvalue weighted by molar-refractivity contribution is 4.76. The molecule has 84 valence electrons. The standard InChI is InChI=1S/C8H15F3N2O/c9-8(10,11)6-14-4-3-13-7-1-2-12-5-7/h7,12-13H,1-6H2. The predicted octanol–water partition coefficient (Wildman–Crippen LogP) is 0.517. The minimum atomic E-state index is -4.21. The Morgan fingerprint density at radius 2 is 2.21 bits per heavy atom. The van der Waals surface area contributed by atoms with Gasteiger partial charge in [-0.15, -0.1) is 0 Å². The Balaban J connectivity index is 1.89. The van der Waals surface area contributed by atoms with Crippen molar-refractivity contribution in [3.8, 4) is 0 Å². The molecule has 1 heterocycles. The summed E-state index contributed by atoms with van der Waals surface area (Å²) in [5.41, 5.74) is 0. The summed E-state index contributed by atoms with van der Waals surface area (Å²) in [6.45, 7) is 1.29. The van der Waals surface area contributed by atoms with Crippen molar-refractivity contribution < 1.29 is 17.9 Å². The molecule has 0 saturated carbocycles. The summed E-state index contributed by atoms with van der Waals surface area (Å²) in [7, 11) is 0. The summed E-state index contributed by atoms with van der Waals surface area (Å²) >= 11 is 0. The highest BCUT2D eigenvalue weighted by atomic mass is 19.4. The first-order valence-corrected chi connectivity index (χ1v) is 4.66. The van der Waals surface area contributed by atoms with Crippen LogP contribution in [0.25, 0.3) is 0 Å². The zero-order valence-corrected chi connectivity index (χ0v) is 7.86. The van der Waals surface area contributed by atoms with E-state index in [0.717, 1.165) is 19.5 Å². The van der Waals surface area contributed by atoms with E-state index < -0.39 is 12.8 Å². The Labute approximate surface area is 81.0 Å². The smallest absolute Gasteiger partial charge is 0.371 e. The zero-order chi connectivity index (χ0) is 10.4. The van der Waals surface area contributed by atoms with E-state index in [2.05, 4.69) is 15.4 Å². The van der Waals surface area contributed by atoms with Crippen molar-refractivity contribution in [1.82, 2.24) is 10.6 Å². The number of nitrogens with one attached hydrogen (secondary N) is 2. The molecule has 6 heteroatoms. The molecular formula is C8H15F3N2O. The van der Waals surface area contributed by atoms with Gasteiger partial charge in [0.25, 0.3) is 0 Å². The van der Waals surface area contributed by atoms with Gasteiger partial charge in [0.05, 0.1) is 6.61 Å². The molecule has 0 aromatic rings. The largest absolute Gasteiger partial charge is 0.411 e. The van der Waals surface area contributed by atoms with E-state index in [4.69, 9.17) is 0 Å². The monoisotopic (exact) mass is 212 g/mol. The van der Waals surface area contributed by atoms with Crippen LogP contribution in [-0.2, 0) is 4.74 Å². The van der Waals surface area contributed by atoms with Gasteiger partial charge in [0.15, 0.2) is 0 Å². The number of alkyl halides is 3. The molecule has 0 spiro atoms. The molecule has 1 aliphatic rings. The molecule has 0 aromatic heterocycles. The van der Waals surface area contributed by atoms with Crippen LogP contribution in [0.3, 0.4) is 0 Å². The summed E-state index contributed by atoms with van der Waals surface area (Å²) in [5.74, 6) is 0. The first-order chi connectivity index (χ1) is 6.58. The molecule has 0 radical (unpaired) electrons. The second kappa shape index (κ2) is 5.53. The molecular weight excluding hydrogens is 197 g/mol. The van der Waals surface area contributed by atoms with Gasteiger partial charge in [-0.05, 0) is 13.0 Å². The van der Waals surface area contributed by atoms with Gasteiger partial charge in [-0.1, -0.05) is 0 Å². The molecule has 1 unspecified atom stereocenters. The summed E-state index contributed by atoms with van der Waals surface area (Å²) in [6.07, 6.45) is -3.19. The molecule has 0 aromatic carbocycles. The van der Waals surface area contributed by atoms with E-state index in [9.17, 15) is 13.2 Å². The quantitative estimate of drug-likeness (QED) is 0.652. The Kier molecular flexibility index (Phi) is 4.64. The maximum absolute atomic E-state index is 11.6. The van der Waals surface area contributed by atoms with E-state index in [1.54, 1.807) is 0 Å². The van der Waals surface area contributed by atoms with Crippen molar-refractivity contribution in [2.45, 2.75) is 18.6 Å². The lowest BCUT2D eigenvalue weighted by Crippen LogP contribution is -2.34. The third kappa shape index (κ3) is 5.41. The Bertz CT molecular complexity index is 157. The van der Waals surface area contributed by atoms with Crippen LogP contribution >= 0.6 is 0 Å². The summed E-state index contributed by atoms with van der Waals surface area (Å²) in [4.78, 5) is 0. The van der Waals surface area contributed by atoms with Crippen molar-refractivity contribution >= 4 is 0 Å². The van der Waals surface area contributed by atoms with Crippen molar-refractivity contribution in [2.75, 3.05) is 32.8 Å². The molecule has 0 bridgehead atoms. The van der Waals surface area contributed by atoms with E-state index in [1.807, 2.05) is 0 Å². The fourth-order valence-electron chi connectivity index (χ4n) is 1.35. The van der Waals surface area contributed by atoms with Gasteiger partial charge >= 0.3 is 6.18 Å². The molecule has 0 aliphatic carbocycles. The van der Waals surface area contributed by atoms with Crippen LogP contribution in [0.5, 0.6) is 0 Å². The Morgan fingerprint density at radius 1 is 1.43 bits per heavy atom. The van der Waals surface area contributed by atoms with Crippen LogP contribution in [0, 0.1) is 0 Å². The zero-order valence-electron chi connectivity index (χ0n) is 7.86. The second-order valence-electron chi connectivity index (χ2n) is 3.31.